The van der Waals surface area contributed by atoms with Gasteiger partial charge in [0.1, 0.15) is 5.82 Å². The highest BCUT2D eigenvalue weighted by molar-refractivity contribution is 6.15. The summed E-state index contributed by atoms with van der Waals surface area (Å²) < 4.78 is 10.1. The SMILES string of the molecule is CC1(C)OC(=O)C(=CNc2cccc(-c3nc4ccccc4[nH]3)c2)C(=O)O1. The first-order chi connectivity index (χ1) is 12.9. The van der Waals surface area contributed by atoms with Crippen molar-refractivity contribution in [3.05, 3.63) is 60.3 Å². The largest absolute Gasteiger partial charge is 0.419 e. The Hall–Kier alpha value is -3.61. The highest BCUT2D eigenvalue weighted by Crippen LogP contribution is 2.25. The second kappa shape index (κ2) is 6.28. The minimum atomic E-state index is -1.26. The molecule has 0 atom stereocenters. The third-order valence-corrected chi connectivity index (χ3v) is 4.03. The molecule has 0 saturated carbocycles. The summed E-state index contributed by atoms with van der Waals surface area (Å²) in [7, 11) is 0. The zero-order valence-corrected chi connectivity index (χ0v) is 14.8. The maximum Gasteiger partial charge on any atom is 0.350 e. The molecule has 0 radical (unpaired) electrons. The smallest absolute Gasteiger partial charge is 0.350 e. The molecule has 1 saturated heterocycles. The summed E-state index contributed by atoms with van der Waals surface area (Å²) in [4.78, 5) is 31.8. The van der Waals surface area contributed by atoms with E-state index in [-0.39, 0.29) is 5.57 Å². The molecule has 0 amide bonds. The van der Waals surface area contributed by atoms with Crippen LogP contribution in [-0.4, -0.2) is 27.7 Å². The van der Waals surface area contributed by atoms with E-state index < -0.39 is 17.7 Å². The Labute approximate surface area is 155 Å². The number of hydrogen-bond donors (Lipinski definition) is 2. The average Bonchev–Trinajstić information content (AvgIpc) is 3.04. The van der Waals surface area contributed by atoms with Gasteiger partial charge in [-0.3, -0.25) is 0 Å². The molecule has 2 N–H and O–H groups in total. The van der Waals surface area contributed by atoms with E-state index in [2.05, 4.69) is 15.3 Å². The number of benzene rings is 2. The second-order valence-electron chi connectivity index (χ2n) is 6.56. The average molecular weight is 363 g/mol. The fraction of sp³-hybridized carbons (Fsp3) is 0.150. The van der Waals surface area contributed by atoms with E-state index in [1.165, 1.54) is 20.0 Å². The molecule has 27 heavy (non-hydrogen) atoms. The number of esters is 2. The molecule has 2 aromatic carbocycles. The lowest BCUT2D eigenvalue weighted by Crippen LogP contribution is -2.42. The van der Waals surface area contributed by atoms with Crippen molar-refractivity contribution in [2.75, 3.05) is 5.32 Å². The zero-order chi connectivity index (χ0) is 19.0. The van der Waals surface area contributed by atoms with Crippen LogP contribution in [0.5, 0.6) is 0 Å². The van der Waals surface area contributed by atoms with Crippen LogP contribution in [0.25, 0.3) is 22.4 Å². The number of nitrogens with zero attached hydrogens (tertiary/aromatic N) is 1. The standard InChI is InChI=1S/C20H17N3O4/c1-20(2)26-18(24)14(19(25)27-20)11-21-13-7-5-6-12(10-13)17-22-15-8-3-4-9-16(15)23-17/h3-11,21H,1-2H3,(H,22,23). The van der Waals surface area contributed by atoms with Gasteiger partial charge >= 0.3 is 11.9 Å². The van der Waals surface area contributed by atoms with Crippen molar-refractivity contribution >= 4 is 28.7 Å². The molecular weight excluding hydrogens is 346 g/mol. The van der Waals surface area contributed by atoms with E-state index >= 15 is 0 Å². The molecule has 0 aliphatic carbocycles. The molecule has 3 aromatic rings. The first-order valence-electron chi connectivity index (χ1n) is 8.40. The van der Waals surface area contributed by atoms with Crippen LogP contribution in [0.2, 0.25) is 0 Å². The van der Waals surface area contributed by atoms with Gasteiger partial charge in [-0.1, -0.05) is 24.3 Å². The monoisotopic (exact) mass is 363 g/mol. The molecular formula is C20H17N3O4. The van der Waals surface area contributed by atoms with Gasteiger partial charge in [0.2, 0.25) is 0 Å². The first-order valence-corrected chi connectivity index (χ1v) is 8.40. The van der Waals surface area contributed by atoms with Crippen LogP contribution < -0.4 is 5.32 Å². The Morgan fingerprint density at radius 2 is 1.78 bits per heavy atom. The van der Waals surface area contributed by atoms with E-state index in [9.17, 15) is 9.59 Å². The summed E-state index contributed by atoms with van der Waals surface area (Å²) in [5, 5.41) is 2.94. The van der Waals surface area contributed by atoms with Gasteiger partial charge in [0.05, 0.1) is 11.0 Å². The highest BCUT2D eigenvalue weighted by atomic mass is 16.7. The van der Waals surface area contributed by atoms with Crippen molar-refractivity contribution in [2.24, 2.45) is 0 Å². The number of anilines is 1. The highest BCUT2D eigenvalue weighted by Gasteiger charge is 2.38. The molecule has 1 aliphatic rings. The van der Waals surface area contributed by atoms with Crippen LogP contribution in [-0.2, 0) is 19.1 Å². The normalized spacial score (nSPS) is 16.0. The van der Waals surface area contributed by atoms with Crippen molar-refractivity contribution in [3.63, 3.8) is 0 Å². The molecule has 1 fully saturated rings. The van der Waals surface area contributed by atoms with E-state index in [1.807, 2.05) is 48.5 Å². The van der Waals surface area contributed by atoms with Gasteiger partial charge < -0.3 is 19.8 Å². The lowest BCUT2D eigenvalue weighted by Gasteiger charge is -2.29. The van der Waals surface area contributed by atoms with Crippen LogP contribution in [0.1, 0.15) is 13.8 Å². The van der Waals surface area contributed by atoms with Crippen LogP contribution in [0.15, 0.2) is 60.3 Å². The van der Waals surface area contributed by atoms with Gasteiger partial charge in [-0.15, -0.1) is 0 Å². The minimum Gasteiger partial charge on any atom is -0.419 e. The Kier molecular flexibility index (Phi) is 3.92. The molecule has 2 heterocycles. The zero-order valence-electron chi connectivity index (χ0n) is 14.8. The van der Waals surface area contributed by atoms with E-state index in [0.29, 0.717) is 5.69 Å². The summed E-state index contributed by atoms with van der Waals surface area (Å²) in [6, 6.07) is 15.2. The Balaban J connectivity index is 1.58. The molecule has 4 rings (SSSR count). The fourth-order valence-corrected chi connectivity index (χ4v) is 2.78. The third-order valence-electron chi connectivity index (χ3n) is 4.03. The molecule has 1 aliphatic heterocycles. The van der Waals surface area contributed by atoms with E-state index in [4.69, 9.17) is 9.47 Å². The quantitative estimate of drug-likeness (QED) is 0.421. The van der Waals surface area contributed by atoms with Crippen molar-refractivity contribution in [1.29, 1.82) is 0 Å². The fourth-order valence-electron chi connectivity index (χ4n) is 2.78. The number of para-hydroxylation sites is 2. The van der Waals surface area contributed by atoms with Gasteiger partial charge in [0, 0.05) is 31.3 Å². The van der Waals surface area contributed by atoms with E-state index in [1.54, 1.807) is 0 Å². The maximum absolute atomic E-state index is 12.0. The summed E-state index contributed by atoms with van der Waals surface area (Å²) in [5.41, 5.74) is 3.19. The number of cyclic esters (lactones) is 2. The second-order valence-corrected chi connectivity index (χ2v) is 6.56. The number of hydrogen-bond acceptors (Lipinski definition) is 6. The molecule has 0 unspecified atom stereocenters. The number of aromatic nitrogens is 2. The van der Waals surface area contributed by atoms with Crippen molar-refractivity contribution in [1.82, 2.24) is 9.97 Å². The van der Waals surface area contributed by atoms with Crippen LogP contribution in [0, 0.1) is 0 Å². The van der Waals surface area contributed by atoms with Crippen molar-refractivity contribution in [2.45, 2.75) is 19.6 Å². The summed E-state index contributed by atoms with van der Waals surface area (Å²) in [6.45, 7) is 3.01. The Morgan fingerprint density at radius 1 is 1.04 bits per heavy atom. The lowest BCUT2D eigenvalue weighted by atomic mass is 10.2. The number of carbonyl (C=O) groups is 2. The first kappa shape index (κ1) is 16.8. The minimum absolute atomic E-state index is 0.191. The van der Waals surface area contributed by atoms with Gasteiger partial charge in [0.25, 0.3) is 5.79 Å². The molecule has 136 valence electrons. The molecule has 0 bridgehead atoms. The summed E-state index contributed by atoms with van der Waals surface area (Å²) in [6.07, 6.45) is 1.29. The van der Waals surface area contributed by atoms with Gasteiger partial charge in [0.15, 0.2) is 5.57 Å². The molecule has 7 heteroatoms. The predicted octanol–water partition coefficient (Wildman–Crippen LogP) is 3.36. The summed E-state index contributed by atoms with van der Waals surface area (Å²) in [5.74, 6) is -1.98. The topological polar surface area (TPSA) is 93.3 Å². The molecule has 1 aromatic heterocycles. The molecule has 0 spiro atoms. The number of nitrogens with one attached hydrogen (secondary N) is 2. The predicted molar refractivity (Wildman–Crippen MR) is 99.5 cm³/mol. The van der Waals surface area contributed by atoms with E-state index in [0.717, 1.165) is 22.4 Å². The number of rotatable bonds is 3. The Bertz CT molecular complexity index is 1030. The number of H-pyrrole nitrogens is 1. The van der Waals surface area contributed by atoms with Gasteiger partial charge in [-0.25, -0.2) is 14.6 Å². The van der Waals surface area contributed by atoms with Crippen LogP contribution in [0.3, 0.4) is 0 Å². The number of ether oxygens (including phenoxy) is 2. The number of carbonyl (C=O) groups excluding carboxylic acids is 2. The van der Waals surface area contributed by atoms with Gasteiger partial charge in [-0.2, -0.15) is 0 Å². The number of imidazole rings is 1. The summed E-state index contributed by atoms with van der Waals surface area (Å²) >= 11 is 0. The number of aromatic amines is 1. The van der Waals surface area contributed by atoms with Crippen molar-refractivity contribution in [3.8, 4) is 11.4 Å². The maximum atomic E-state index is 12.0. The molecule has 7 nitrogen and oxygen atoms in total. The van der Waals surface area contributed by atoms with Crippen LogP contribution >= 0.6 is 0 Å². The van der Waals surface area contributed by atoms with Gasteiger partial charge in [-0.05, 0) is 24.3 Å². The lowest BCUT2D eigenvalue weighted by molar-refractivity contribution is -0.222. The van der Waals surface area contributed by atoms with Crippen molar-refractivity contribution < 1.29 is 19.1 Å². The Morgan fingerprint density at radius 3 is 2.52 bits per heavy atom. The number of fused-ring (bicyclic) bond motifs is 1. The third kappa shape index (κ3) is 3.39. The van der Waals surface area contributed by atoms with Crippen LogP contribution in [0.4, 0.5) is 5.69 Å².